The van der Waals surface area contributed by atoms with Gasteiger partial charge in [0.2, 0.25) is 0 Å². The van der Waals surface area contributed by atoms with Crippen LogP contribution in [0.5, 0.6) is 0 Å². The number of nitrogens with zero attached hydrogens (tertiary/aromatic N) is 5. The number of hydrogen-bond donors (Lipinski definition) is 1. The highest BCUT2D eigenvalue weighted by molar-refractivity contribution is 5.84. The molecule has 0 radical (unpaired) electrons. The molecule has 4 aromatic rings. The molecule has 4 fully saturated rings. The van der Waals surface area contributed by atoms with Gasteiger partial charge in [0.25, 0.3) is 11.5 Å². The minimum absolute atomic E-state index is 0.107. The van der Waals surface area contributed by atoms with Crippen molar-refractivity contribution in [2.24, 2.45) is 12.5 Å². The maximum absolute atomic E-state index is 14.3. The number of aromatic nitrogens is 5. The van der Waals surface area contributed by atoms with Crippen LogP contribution in [0, 0.1) is 5.41 Å². The second-order valence-corrected chi connectivity index (χ2v) is 12.7. The minimum Gasteiger partial charge on any atom is -0.353 e. The summed E-state index contributed by atoms with van der Waals surface area (Å²) < 4.78 is 32.1. The molecule has 0 unspecified atom stereocenters. The van der Waals surface area contributed by atoms with Crippen molar-refractivity contribution in [2.45, 2.75) is 68.7 Å². The zero-order valence-electron chi connectivity index (χ0n) is 22.1. The summed E-state index contributed by atoms with van der Waals surface area (Å²) in [5.74, 6) is -1.79. The van der Waals surface area contributed by atoms with E-state index in [9.17, 15) is 13.6 Å². The van der Waals surface area contributed by atoms with Crippen molar-refractivity contribution in [3.8, 4) is 5.69 Å². The summed E-state index contributed by atoms with van der Waals surface area (Å²) in [5, 5.41) is 9.21. The lowest BCUT2D eigenvalue weighted by atomic mass is 9.61. The molecule has 0 amide bonds. The van der Waals surface area contributed by atoms with E-state index in [1.165, 1.54) is 24.8 Å². The average Bonchev–Trinajstić information content (AvgIpc) is 3.74. The third-order valence-corrected chi connectivity index (χ3v) is 9.71. The number of benzene rings is 1. The summed E-state index contributed by atoms with van der Waals surface area (Å²) in [5.41, 5.74) is 3.85. The zero-order chi connectivity index (χ0) is 26.6. The molecule has 0 bridgehead atoms. The van der Waals surface area contributed by atoms with Gasteiger partial charge in [-0.25, -0.2) is 8.78 Å². The predicted molar refractivity (Wildman–Crippen MR) is 143 cm³/mol. The normalized spacial score (nSPS) is 22.9. The Morgan fingerprint density at radius 3 is 2.62 bits per heavy atom. The van der Waals surface area contributed by atoms with Crippen molar-refractivity contribution in [3.63, 3.8) is 0 Å². The van der Waals surface area contributed by atoms with Crippen LogP contribution in [0.15, 0.2) is 47.7 Å². The van der Waals surface area contributed by atoms with Gasteiger partial charge in [-0.3, -0.25) is 14.3 Å². The van der Waals surface area contributed by atoms with E-state index in [-0.39, 0.29) is 18.4 Å². The molecule has 39 heavy (non-hydrogen) atoms. The van der Waals surface area contributed by atoms with Gasteiger partial charge < -0.3 is 9.55 Å². The van der Waals surface area contributed by atoms with Crippen LogP contribution >= 0.6 is 0 Å². The van der Waals surface area contributed by atoms with Crippen LogP contribution < -0.4 is 5.56 Å². The van der Waals surface area contributed by atoms with Crippen LogP contribution in [0.4, 0.5) is 8.78 Å². The molecule has 4 aliphatic rings. The smallest absolute Gasteiger partial charge is 0.279 e. The van der Waals surface area contributed by atoms with Gasteiger partial charge in [0, 0.05) is 55.9 Å². The molecule has 1 saturated heterocycles. The predicted octanol–water partition coefficient (Wildman–Crippen LogP) is 5.03. The summed E-state index contributed by atoms with van der Waals surface area (Å²) in [6.07, 6.45) is 9.10. The van der Waals surface area contributed by atoms with Crippen LogP contribution in [0.3, 0.4) is 0 Å². The number of aryl methyl sites for hydroxylation is 1. The minimum atomic E-state index is -2.76. The largest absolute Gasteiger partial charge is 0.353 e. The Labute approximate surface area is 224 Å². The summed E-state index contributed by atoms with van der Waals surface area (Å²) in [6, 6.07) is 9.68. The number of likely N-dealkylation sites (tertiary alicyclic amines) is 1. The second-order valence-electron chi connectivity index (χ2n) is 12.7. The lowest BCUT2D eigenvalue weighted by Gasteiger charge is -2.46. The molecule has 9 heteroatoms. The van der Waals surface area contributed by atoms with Crippen molar-refractivity contribution in [2.75, 3.05) is 13.1 Å². The first-order valence-corrected chi connectivity index (χ1v) is 14.1. The average molecular weight is 531 g/mol. The summed E-state index contributed by atoms with van der Waals surface area (Å²) in [6.45, 7) is 3.11. The van der Waals surface area contributed by atoms with Crippen molar-refractivity contribution < 1.29 is 8.78 Å². The first kappa shape index (κ1) is 23.5. The number of alkyl halides is 2. The molecule has 4 heterocycles. The van der Waals surface area contributed by atoms with E-state index < -0.39 is 11.3 Å². The second kappa shape index (κ2) is 7.87. The molecule has 1 aliphatic heterocycles. The van der Waals surface area contributed by atoms with Crippen LogP contribution in [-0.2, 0) is 19.0 Å². The number of H-pyrrole nitrogens is 1. The highest BCUT2D eigenvalue weighted by atomic mass is 19.3. The number of fused-ring (bicyclic) bond motifs is 1. The Balaban J connectivity index is 1.20. The molecule has 0 atom stereocenters. The first-order chi connectivity index (χ1) is 18.7. The third kappa shape index (κ3) is 3.72. The highest BCUT2D eigenvalue weighted by Gasteiger charge is 2.60. The molecule has 3 saturated carbocycles. The van der Waals surface area contributed by atoms with E-state index in [1.807, 2.05) is 30.5 Å². The number of pyridine rings is 1. The molecule has 3 aromatic heterocycles. The SMILES string of the molecule is Cn1cnnc1C1(c2cccc(-n3cc(C4CC4)c4cc(CN5CCC6(CC6)C5)[nH]c4c3=O)c2)CC(F)(F)C1. The van der Waals surface area contributed by atoms with Crippen molar-refractivity contribution in [1.82, 2.24) is 29.2 Å². The first-order valence-electron chi connectivity index (χ1n) is 14.1. The van der Waals surface area contributed by atoms with Gasteiger partial charge in [-0.05, 0) is 79.3 Å². The van der Waals surface area contributed by atoms with Crippen LogP contribution in [0.25, 0.3) is 16.6 Å². The van der Waals surface area contributed by atoms with Gasteiger partial charge >= 0.3 is 0 Å². The Morgan fingerprint density at radius 1 is 1.13 bits per heavy atom. The number of halogens is 2. The summed E-state index contributed by atoms with van der Waals surface area (Å²) in [7, 11) is 1.78. The quantitative estimate of drug-likeness (QED) is 0.380. The van der Waals surface area contributed by atoms with E-state index in [0.29, 0.717) is 28.4 Å². The van der Waals surface area contributed by atoms with Gasteiger partial charge in [-0.1, -0.05) is 12.1 Å². The van der Waals surface area contributed by atoms with E-state index >= 15 is 0 Å². The van der Waals surface area contributed by atoms with Gasteiger partial charge in [0.05, 0.1) is 5.41 Å². The van der Waals surface area contributed by atoms with Gasteiger partial charge in [-0.2, -0.15) is 0 Å². The van der Waals surface area contributed by atoms with Crippen LogP contribution in [-0.4, -0.2) is 48.2 Å². The highest BCUT2D eigenvalue weighted by Crippen LogP contribution is 2.56. The summed E-state index contributed by atoms with van der Waals surface area (Å²) >= 11 is 0. The number of hydrogen-bond acceptors (Lipinski definition) is 4. The number of aromatic amines is 1. The number of rotatable bonds is 6. The molecular weight excluding hydrogens is 498 g/mol. The molecule has 1 N–H and O–H groups in total. The lowest BCUT2D eigenvalue weighted by Crippen LogP contribution is -2.51. The van der Waals surface area contributed by atoms with E-state index in [0.717, 1.165) is 49.1 Å². The van der Waals surface area contributed by atoms with Gasteiger partial charge in [-0.15, -0.1) is 10.2 Å². The van der Waals surface area contributed by atoms with Gasteiger partial charge in [0.15, 0.2) is 0 Å². The van der Waals surface area contributed by atoms with E-state index in [1.54, 1.807) is 22.5 Å². The molecule has 8 rings (SSSR count). The van der Waals surface area contributed by atoms with E-state index in [4.69, 9.17) is 0 Å². The van der Waals surface area contributed by atoms with Crippen LogP contribution in [0.1, 0.15) is 73.5 Å². The van der Waals surface area contributed by atoms with Crippen molar-refractivity contribution >= 4 is 10.9 Å². The Hall–Kier alpha value is -3.33. The van der Waals surface area contributed by atoms with Crippen molar-refractivity contribution in [1.29, 1.82) is 0 Å². The van der Waals surface area contributed by atoms with Crippen molar-refractivity contribution in [3.05, 3.63) is 75.9 Å². The standard InChI is InChI=1S/C30H32F2N6O/c1-36-18-33-35-27(36)29(15-30(31,32)16-29)20-3-2-4-22(11-20)38-14-24(19-5-6-19)23-12-21(34-25(23)26(38)39)13-37-10-9-28(17-37)7-8-28/h2-4,11-12,14,18-19,34H,5-10,13,15-17H2,1H3. The molecule has 7 nitrogen and oxygen atoms in total. The number of nitrogens with one attached hydrogen (secondary N) is 1. The Kier molecular flexibility index (Phi) is 4.75. The fourth-order valence-corrected chi connectivity index (χ4v) is 7.27. The molecule has 3 aliphatic carbocycles. The fourth-order valence-electron chi connectivity index (χ4n) is 7.27. The zero-order valence-corrected chi connectivity index (χ0v) is 22.1. The lowest BCUT2D eigenvalue weighted by molar-refractivity contribution is -0.116. The van der Waals surface area contributed by atoms with Gasteiger partial charge in [0.1, 0.15) is 17.7 Å². The molecule has 1 spiro atoms. The maximum atomic E-state index is 14.3. The van der Waals surface area contributed by atoms with Crippen LogP contribution in [0.2, 0.25) is 0 Å². The van der Waals surface area contributed by atoms with E-state index in [2.05, 4.69) is 26.1 Å². The maximum Gasteiger partial charge on any atom is 0.279 e. The molecule has 202 valence electrons. The summed E-state index contributed by atoms with van der Waals surface area (Å²) in [4.78, 5) is 19.9. The topological polar surface area (TPSA) is 71.7 Å². The Bertz CT molecular complexity index is 1670. The molecular formula is C30H32F2N6O. The fraction of sp³-hybridized carbons (Fsp3) is 0.500. The third-order valence-electron chi connectivity index (χ3n) is 9.71. The monoisotopic (exact) mass is 530 g/mol. The Morgan fingerprint density at radius 2 is 1.95 bits per heavy atom. The molecule has 1 aromatic carbocycles.